The molecule has 1 aromatic rings. The molecule has 0 bridgehead atoms. The molecule has 0 unspecified atom stereocenters. The van der Waals surface area contributed by atoms with Crippen molar-refractivity contribution in [1.29, 1.82) is 0 Å². The SMILES string of the molecule is CCOP(=O)(Cc1ccc(Br)cn1)OCC. The normalized spacial score (nSPS) is 11.7. The first-order valence-electron chi connectivity index (χ1n) is 5.08. The molecule has 1 aromatic heterocycles. The highest BCUT2D eigenvalue weighted by atomic mass is 79.9. The second-order valence-electron chi connectivity index (χ2n) is 3.07. The van der Waals surface area contributed by atoms with E-state index >= 15 is 0 Å². The molecule has 0 N–H and O–H groups in total. The molecule has 90 valence electrons. The smallest absolute Gasteiger partial charge is 0.309 e. The van der Waals surface area contributed by atoms with E-state index in [1.807, 2.05) is 6.07 Å². The number of aromatic nitrogens is 1. The Morgan fingerprint density at radius 3 is 2.38 bits per heavy atom. The minimum absolute atomic E-state index is 0.210. The maximum atomic E-state index is 12.2. The van der Waals surface area contributed by atoms with Gasteiger partial charge in [0.25, 0.3) is 0 Å². The van der Waals surface area contributed by atoms with Crippen LogP contribution >= 0.6 is 23.5 Å². The van der Waals surface area contributed by atoms with Crippen LogP contribution in [0.3, 0.4) is 0 Å². The lowest BCUT2D eigenvalue weighted by Gasteiger charge is -2.16. The van der Waals surface area contributed by atoms with Crippen molar-refractivity contribution >= 4 is 23.5 Å². The minimum Gasteiger partial charge on any atom is -0.309 e. The fraction of sp³-hybridized carbons (Fsp3) is 0.500. The monoisotopic (exact) mass is 307 g/mol. The van der Waals surface area contributed by atoms with Crippen LogP contribution in [0.25, 0.3) is 0 Å². The van der Waals surface area contributed by atoms with Crippen LogP contribution < -0.4 is 0 Å². The molecule has 4 nitrogen and oxygen atoms in total. The van der Waals surface area contributed by atoms with Gasteiger partial charge in [-0.1, -0.05) is 0 Å². The van der Waals surface area contributed by atoms with Gasteiger partial charge in [-0.05, 0) is 41.9 Å². The van der Waals surface area contributed by atoms with Crippen molar-refractivity contribution in [2.45, 2.75) is 20.0 Å². The Bertz CT molecular complexity index is 359. The Balaban J connectivity index is 2.75. The van der Waals surface area contributed by atoms with E-state index < -0.39 is 7.60 Å². The van der Waals surface area contributed by atoms with E-state index in [4.69, 9.17) is 9.05 Å². The van der Waals surface area contributed by atoms with Crippen LogP contribution in [0.4, 0.5) is 0 Å². The van der Waals surface area contributed by atoms with Crippen molar-refractivity contribution in [3.8, 4) is 0 Å². The molecule has 0 amide bonds. The first-order valence-corrected chi connectivity index (χ1v) is 7.60. The van der Waals surface area contributed by atoms with Crippen LogP contribution in [0.15, 0.2) is 22.8 Å². The molecular weight excluding hydrogens is 293 g/mol. The number of hydrogen-bond acceptors (Lipinski definition) is 4. The summed E-state index contributed by atoms with van der Waals surface area (Å²) in [7, 11) is -3.03. The van der Waals surface area contributed by atoms with Crippen molar-refractivity contribution < 1.29 is 13.6 Å². The summed E-state index contributed by atoms with van der Waals surface area (Å²) in [5.41, 5.74) is 0.702. The summed E-state index contributed by atoms with van der Waals surface area (Å²) in [6.45, 7) is 4.32. The van der Waals surface area contributed by atoms with Crippen molar-refractivity contribution in [3.05, 3.63) is 28.5 Å². The summed E-state index contributed by atoms with van der Waals surface area (Å²) < 4.78 is 23.4. The Hall–Kier alpha value is -0.220. The standard InChI is InChI=1S/C10H15BrNO3P/c1-3-14-16(13,15-4-2)8-10-6-5-9(11)7-12-10/h5-7H,3-4,8H2,1-2H3. The van der Waals surface area contributed by atoms with Crippen LogP contribution in [0.5, 0.6) is 0 Å². The van der Waals surface area contributed by atoms with Crippen molar-refractivity contribution in [2.24, 2.45) is 0 Å². The lowest BCUT2D eigenvalue weighted by Crippen LogP contribution is -2.00. The number of nitrogens with zero attached hydrogens (tertiary/aromatic N) is 1. The topological polar surface area (TPSA) is 48.4 Å². The van der Waals surface area contributed by atoms with Crippen LogP contribution in [-0.2, 0) is 19.8 Å². The molecule has 16 heavy (non-hydrogen) atoms. The number of halogens is 1. The van der Waals surface area contributed by atoms with E-state index in [9.17, 15) is 4.57 Å². The average molecular weight is 308 g/mol. The lowest BCUT2D eigenvalue weighted by atomic mass is 10.4. The lowest BCUT2D eigenvalue weighted by molar-refractivity contribution is 0.219. The van der Waals surface area contributed by atoms with Crippen molar-refractivity contribution in [1.82, 2.24) is 4.98 Å². The van der Waals surface area contributed by atoms with Gasteiger partial charge in [-0.15, -0.1) is 0 Å². The molecule has 6 heteroatoms. The van der Waals surface area contributed by atoms with Crippen molar-refractivity contribution in [2.75, 3.05) is 13.2 Å². The molecule has 0 saturated carbocycles. The van der Waals surface area contributed by atoms with E-state index in [1.54, 1.807) is 26.1 Å². The van der Waals surface area contributed by atoms with E-state index in [-0.39, 0.29) is 6.16 Å². The second kappa shape index (κ2) is 6.50. The van der Waals surface area contributed by atoms with Gasteiger partial charge in [-0.2, -0.15) is 0 Å². The Morgan fingerprint density at radius 2 is 1.94 bits per heavy atom. The number of hydrogen-bond donors (Lipinski definition) is 0. The summed E-state index contributed by atoms with van der Waals surface area (Å²) in [6.07, 6.45) is 1.87. The summed E-state index contributed by atoms with van der Waals surface area (Å²) in [4.78, 5) is 4.15. The minimum atomic E-state index is -3.03. The first-order chi connectivity index (χ1) is 7.59. The van der Waals surface area contributed by atoms with E-state index in [0.717, 1.165) is 4.47 Å². The van der Waals surface area contributed by atoms with Gasteiger partial charge in [0.15, 0.2) is 0 Å². The Labute approximate surface area is 104 Å². The molecule has 0 aliphatic carbocycles. The number of rotatable bonds is 6. The third-order valence-electron chi connectivity index (χ3n) is 1.80. The summed E-state index contributed by atoms with van der Waals surface area (Å²) in [5, 5.41) is 0. The third-order valence-corrected chi connectivity index (χ3v) is 4.28. The molecule has 1 heterocycles. The van der Waals surface area contributed by atoms with Gasteiger partial charge in [-0.3, -0.25) is 9.55 Å². The summed E-state index contributed by atoms with van der Waals surface area (Å²) in [5.74, 6) is 0. The summed E-state index contributed by atoms with van der Waals surface area (Å²) in [6, 6.07) is 3.65. The Kier molecular flexibility index (Phi) is 5.62. The third kappa shape index (κ3) is 4.34. The summed E-state index contributed by atoms with van der Waals surface area (Å²) >= 11 is 3.29. The number of pyridine rings is 1. The molecule has 0 spiro atoms. The van der Waals surface area contributed by atoms with Crippen molar-refractivity contribution in [3.63, 3.8) is 0 Å². The maximum Gasteiger partial charge on any atom is 0.336 e. The largest absolute Gasteiger partial charge is 0.336 e. The fourth-order valence-corrected chi connectivity index (χ4v) is 3.08. The van der Waals surface area contributed by atoms with Crippen LogP contribution in [0.2, 0.25) is 0 Å². The van der Waals surface area contributed by atoms with Crippen LogP contribution in [0, 0.1) is 0 Å². The van der Waals surface area contributed by atoms with E-state index in [0.29, 0.717) is 18.9 Å². The molecule has 0 radical (unpaired) electrons. The second-order valence-corrected chi connectivity index (χ2v) is 6.04. The molecule has 0 fully saturated rings. The van der Waals surface area contributed by atoms with Gasteiger partial charge in [0.2, 0.25) is 0 Å². The molecule has 0 aliphatic rings. The van der Waals surface area contributed by atoms with Gasteiger partial charge < -0.3 is 9.05 Å². The van der Waals surface area contributed by atoms with Crippen LogP contribution in [-0.4, -0.2) is 18.2 Å². The molecule has 1 rings (SSSR count). The van der Waals surface area contributed by atoms with Crippen LogP contribution in [0.1, 0.15) is 19.5 Å². The zero-order chi connectivity index (χ0) is 12.0. The van der Waals surface area contributed by atoms with Gasteiger partial charge in [-0.25, -0.2) is 0 Å². The Morgan fingerprint density at radius 1 is 1.31 bits per heavy atom. The maximum absolute atomic E-state index is 12.2. The molecule has 0 aromatic carbocycles. The molecule has 0 atom stereocenters. The zero-order valence-electron chi connectivity index (χ0n) is 9.35. The predicted octanol–water partition coefficient (Wildman–Crippen LogP) is 3.61. The van der Waals surface area contributed by atoms with E-state index in [1.165, 1.54) is 0 Å². The van der Waals surface area contributed by atoms with Gasteiger partial charge in [0.05, 0.1) is 25.1 Å². The highest BCUT2D eigenvalue weighted by molar-refractivity contribution is 9.10. The van der Waals surface area contributed by atoms with Gasteiger partial charge in [0.1, 0.15) is 0 Å². The molecular formula is C10H15BrNO3P. The van der Waals surface area contributed by atoms with Gasteiger partial charge in [0, 0.05) is 10.7 Å². The average Bonchev–Trinajstić information content (AvgIpc) is 2.22. The predicted molar refractivity (Wildman–Crippen MR) is 66.5 cm³/mol. The highest BCUT2D eigenvalue weighted by Crippen LogP contribution is 2.50. The highest BCUT2D eigenvalue weighted by Gasteiger charge is 2.24. The molecule has 0 aliphatic heterocycles. The van der Waals surface area contributed by atoms with Gasteiger partial charge >= 0.3 is 7.60 Å². The van der Waals surface area contributed by atoms with E-state index in [2.05, 4.69) is 20.9 Å². The quantitative estimate of drug-likeness (QED) is 0.753. The zero-order valence-corrected chi connectivity index (χ0v) is 11.8. The molecule has 0 saturated heterocycles. The fourth-order valence-electron chi connectivity index (χ4n) is 1.22. The first kappa shape index (κ1) is 13.8.